The number of aromatic nitrogens is 4. The van der Waals surface area contributed by atoms with Crippen LogP contribution in [0.25, 0.3) is 21.8 Å². The number of carbonyl (C=O) groups is 1. The van der Waals surface area contributed by atoms with E-state index in [0.717, 1.165) is 22.2 Å². The average Bonchev–Trinajstić information content (AvgIpc) is 3.39. The van der Waals surface area contributed by atoms with Gasteiger partial charge in [0, 0.05) is 47.5 Å². The molecule has 2 aromatic carbocycles. The lowest BCUT2D eigenvalue weighted by atomic mass is 10.0. The van der Waals surface area contributed by atoms with Gasteiger partial charge in [-0.1, -0.05) is 19.1 Å². The first-order valence-corrected chi connectivity index (χ1v) is 14.2. The molecule has 43 heavy (non-hydrogen) atoms. The van der Waals surface area contributed by atoms with Crippen molar-refractivity contribution in [2.24, 2.45) is 0 Å². The van der Waals surface area contributed by atoms with Gasteiger partial charge in [-0.15, -0.1) is 0 Å². The maximum absolute atomic E-state index is 12.8. The van der Waals surface area contributed by atoms with Crippen LogP contribution in [-0.4, -0.2) is 57.8 Å². The molecule has 5 aromatic rings. The lowest BCUT2D eigenvalue weighted by molar-refractivity contribution is -0.111. The fraction of sp³-hybridized carbons (Fsp3) is 0.242. The van der Waals surface area contributed by atoms with Gasteiger partial charge in [-0.05, 0) is 63.3 Å². The SMILES string of the molecule is CCOc1cc2nc(CC)c(C#N)c(Nc3ccc4c(cnn4Cc4cccnc4)c3)c2cc1NC(=O)/C=C/CN(C)C. The summed E-state index contributed by atoms with van der Waals surface area (Å²) in [6.07, 6.45) is 9.29. The second-order valence-electron chi connectivity index (χ2n) is 10.3. The minimum Gasteiger partial charge on any atom is -0.492 e. The molecule has 0 aliphatic carbocycles. The number of nitriles is 1. The van der Waals surface area contributed by atoms with Crippen molar-refractivity contribution in [3.63, 3.8) is 0 Å². The van der Waals surface area contributed by atoms with Gasteiger partial charge in [-0.25, -0.2) is 0 Å². The zero-order chi connectivity index (χ0) is 30.3. The maximum Gasteiger partial charge on any atom is 0.248 e. The molecule has 0 bridgehead atoms. The summed E-state index contributed by atoms with van der Waals surface area (Å²) in [5, 5.41) is 22.9. The lowest BCUT2D eigenvalue weighted by Crippen LogP contribution is -2.13. The van der Waals surface area contributed by atoms with Gasteiger partial charge in [0.2, 0.25) is 5.91 Å². The quantitative estimate of drug-likeness (QED) is 0.194. The molecule has 2 N–H and O–H groups in total. The Labute approximate surface area is 250 Å². The molecule has 0 unspecified atom stereocenters. The Morgan fingerprint density at radius 3 is 2.74 bits per heavy atom. The third-order valence-electron chi connectivity index (χ3n) is 6.87. The number of fused-ring (bicyclic) bond motifs is 2. The van der Waals surface area contributed by atoms with E-state index in [2.05, 4.69) is 26.8 Å². The number of pyridine rings is 2. The Hall–Kier alpha value is -5.27. The second-order valence-corrected chi connectivity index (χ2v) is 10.3. The number of ether oxygens (including phenoxy) is 1. The number of carbonyl (C=O) groups excluding carboxylic acids is 1. The molecule has 218 valence electrons. The third kappa shape index (κ3) is 6.63. The van der Waals surface area contributed by atoms with Crippen LogP contribution in [0.3, 0.4) is 0 Å². The number of nitrogens with one attached hydrogen (secondary N) is 2. The van der Waals surface area contributed by atoms with E-state index in [-0.39, 0.29) is 5.91 Å². The van der Waals surface area contributed by atoms with Gasteiger partial charge < -0.3 is 20.3 Å². The van der Waals surface area contributed by atoms with Crippen LogP contribution in [0, 0.1) is 11.3 Å². The van der Waals surface area contributed by atoms with Crippen molar-refractivity contribution in [2.45, 2.75) is 26.8 Å². The summed E-state index contributed by atoms with van der Waals surface area (Å²) in [6.45, 7) is 5.53. The number of likely N-dealkylation sites (N-methyl/N-ethyl adjacent to an activating group) is 1. The summed E-state index contributed by atoms with van der Waals surface area (Å²) in [6, 6.07) is 15.9. The number of hydrogen-bond donors (Lipinski definition) is 2. The van der Waals surface area contributed by atoms with Crippen molar-refractivity contribution in [3.05, 3.63) is 90.0 Å². The predicted molar refractivity (Wildman–Crippen MR) is 170 cm³/mol. The van der Waals surface area contributed by atoms with Crippen molar-refractivity contribution < 1.29 is 9.53 Å². The molecular formula is C33H34N8O2. The fourth-order valence-corrected chi connectivity index (χ4v) is 4.87. The highest BCUT2D eigenvalue weighted by Crippen LogP contribution is 2.38. The van der Waals surface area contributed by atoms with Crippen LogP contribution in [0.5, 0.6) is 5.75 Å². The van der Waals surface area contributed by atoms with E-state index >= 15 is 0 Å². The summed E-state index contributed by atoms with van der Waals surface area (Å²) >= 11 is 0. The first-order valence-electron chi connectivity index (χ1n) is 14.2. The van der Waals surface area contributed by atoms with E-state index in [9.17, 15) is 10.1 Å². The lowest BCUT2D eigenvalue weighted by Gasteiger charge is -2.18. The molecule has 0 fully saturated rings. The highest BCUT2D eigenvalue weighted by molar-refractivity contribution is 6.05. The van der Waals surface area contributed by atoms with Gasteiger partial charge in [-0.2, -0.15) is 10.4 Å². The van der Waals surface area contributed by atoms with Crippen molar-refractivity contribution >= 4 is 44.8 Å². The topological polar surface area (TPSA) is 121 Å². The van der Waals surface area contributed by atoms with Crippen LogP contribution in [-0.2, 0) is 17.8 Å². The molecule has 5 rings (SSSR count). The van der Waals surface area contributed by atoms with Crippen molar-refractivity contribution in [2.75, 3.05) is 37.9 Å². The number of nitrogens with zero attached hydrogens (tertiary/aromatic N) is 6. The Kier molecular flexibility index (Phi) is 8.93. The predicted octanol–water partition coefficient (Wildman–Crippen LogP) is 5.66. The molecule has 0 aliphatic heterocycles. The van der Waals surface area contributed by atoms with Crippen molar-refractivity contribution in [1.29, 1.82) is 5.26 Å². The highest BCUT2D eigenvalue weighted by Gasteiger charge is 2.19. The fourth-order valence-electron chi connectivity index (χ4n) is 4.87. The largest absolute Gasteiger partial charge is 0.492 e. The Bertz CT molecular complexity index is 1840. The third-order valence-corrected chi connectivity index (χ3v) is 6.87. The van der Waals surface area contributed by atoms with Crippen LogP contribution in [0.2, 0.25) is 0 Å². The molecule has 0 saturated carbocycles. The molecule has 0 saturated heterocycles. The minimum absolute atomic E-state index is 0.274. The smallest absolute Gasteiger partial charge is 0.248 e. The Morgan fingerprint density at radius 1 is 1.16 bits per heavy atom. The second kappa shape index (κ2) is 13.1. The molecule has 0 radical (unpaired) electrons. The number of benzene rings is 2. The number of aryl methyl sites for hydroxylation is 1. The molecular weight excluding hydrogens is 540 g/mol. The van der Waals surface area contributed by atoms with Gasteiger partial charge in [0.15, 0.2) is 0 Å². The Balaban J connectivity index is 1.55. The normalized spacial score (nSPS) is 11.3. The van der Waals surface area contributed by atoms with E-state index in [1.54, 1.807) is 12.3 Å². The average molecular weight is 575 g/mol. The van der Waals surface area contributed by atoms with Gasteiger partial charge in [0.05, 0.1) is 53.0 Å². The molecule has 3 aromatic heterocycles. The highest BCUT2D eigenvalue weighted by atomic mass is 16.5. The summed E-state index contributed by atoms with van der Waals surface area (Å²) in [4.78, 5) is 23.7. The maximum atomic E-state index is 12.8. The van der Waals surface area contributed by atoms with Crippen molar-refractivity contribution in [1.82, 2.24) is 24.6 Å². The van der Waals surface area contributed by atoms with Gasteiger partial charge >= 0.3 is 0 Å². The molecule has 1 amide bonds. The zero-order valence-electron chi connectivity index (χ0n) is 24.8. The van der Waals surface area contributed by atoms with E-state index in [4.69, 9.17) is 9.72 Å². The Morgan fingerprint density at radius 2 is 2.02 bits per heavy atom. The molecule has 10 heteroatoms. The van der Waals surface area contributed by atoms with Crippen LogP contribution < -0.4 is 15.4 Å². The standard InChI is InChI=1S/C33H34N8O2/c1-5-27-26(18-34)33(37-24-11-12-30-23(15-24)20-36-41(30)21-22-9-7-13-35-19-22)25-16-29(31(43-6-2)17-28(25)38-27)39-32(42)10-8-14-40(3)4/h7-13,15-17,19-20H,5-6,14,21H2,1-4H3,(H,37,38)(H,39,42)/b10-8+. The van der Waals surface area contributed by atoms with E-state index in [1.165, 1.54) is 6.08 Å². The number of rotatable bonds is 11. The van der Waals surface area contributed by atoms with Gasteiger partial charge in [-0.3, -0.25) is 19.4 Å². The number of amides is 1. The monoisotopic (exact) mass is 574 g/mol. The minimum atomic E-state index is -0.274. The number of anilines is 3. The van der Waals surface area contributed by atoms with E-state index in [0.29, 0.717) is 65.4 Å². The summed E-state index contributed by atoms with van der Waals surface area (Å²) in [5.74, 6) is 0.237. The molecule has 0 atom stereocenters. The van der Waals surface area contributed by atoms with Crippen LogP contribution in [0.4, 0.5) is 17.1 Å². The summed E-state index contributed by atoms with van der Waals surface area (Å²) < 4.78 is 7.82. The molecule has 0 spiro atoms. The molecule has 3 heterocycles. The van der Waals surface area contributed by atoms with Crippen LogP contribution >= 0.6 is 0 Å². The van der Waals surface area contributed by atoms with E-state index in [1.807, 2.05) is 92.4 Å². The first kappa shape index (κ1) is 29.2. The van der Waals surface area contributed by atoms with Gasteiger partial charge in [0.25, 0.3) is 0 Å². The first-order chi connectivity index (χ1) is 20.9. The van der Waals surface area contributed by atoms with E-state index < -0.39 is 0 Å². The summed E-state index contributed by atoms with van der Waals surface area (Å²) in [7, 11) is 3.87. The van der Waals surface area contributed by atoms with Crippen LogP contribution in [0.15, 0.2) is 73.2 Å². The number of hydrogen-bond acceptors (Lipinski definition) is 8. The van der Waals surface area contributed by atoms with Crippen molar-refractivity contribution in [3.8, 4) is 11.8 Å². The van der Waals surface area contributed by atoms with Gasteiger partial charge in [0.1, 0.15) is 11.8 Å². The zero-order valence-corrected chi connectivity index (χ0v) is 24.8. The molecule has 0 aliphatic rings. The summed E-state index contributed by atoms with van der Waals surface area (Å²) in [5.41, 5.74) is 5.75. The van der Waals surface area contributed by atoms with Crippen LogP contribution in [0.1, 0.15) is 30.7 Å². The molecule has 10 nitrogen and oxygen atoms in total.